The number of nitrogens with one attached hydrogen (secondary N) is 2. The van der Waals surface area contributed by atoms with Gasteiger partial charge in [0.2, 0.25) is 0 Å². The number of methoxy groups -OCH3 is 1. The third-order valence-corrected chi connectivity index (χ3v) is 4.45. The fourth-order valence-corrected chi connectivity index (χ4v) is 3.39. The third kappa shape index (κ3) is 1.55. The number of carbonyl (C=O) groups excluding carboxylic acids is 1. The number of hydrogen-bond donors (Lipinski definition) is 2. The number of rotatable bonds is 1. The molecule has 0 radical (unpaired) electrons. The van der Waals surface area contributed by atoms with E-state index in [4.69, 9.17) is 4.74 Å². The van der Waals surface area contributed by atoms with Crippen molar-refractivity contribution < 1.29 is 9.53 Å². The molecule has 0 aliphatic heterocycles. The Labute approximate surface area is 127 Å². The fraction of sp³-hybridized carbons (Fsp3) is 0.167. The molecule has 2 aromatic carbocycles. The first kappa shape index (κ1) is 13.0. The number of ether oxygens (including phenoxy) is 1. The summed E-state index contributed by atoms with van der Waals surface area (Å²) in [5.74, 6) is -0.332. The van der Waals surface area contributed by atoms with Crippen LogP contribution in [-0.2, 0) is 4.74 Å². The second-order valence-corrected chi connectivity index (χ2v) is 5.63. The molecule has 2 aromatic heterocycles. The number of aromatic nitrogens is 2. The maximum absolute atomic E-state index is 11.9. The molecule has 0 fully saturated rings. The highest BCUT2D eigenvalue weighted by molar-refractivity contribution is 6.14. The Kier molecular flexibility index (Phi) is 2.57. The van der Waals surface area contributed by atoms with Gasteiger partial charge in [0.05, 0.1) is 12.6 Å². The summed E-state index contributed by atoms with van der Waals surface area (Å²) < 4.78 is 4.86. The first-order valence-corrected chi connectivity index (χ1v) is 7.22. The number of esters is 1. The van der Waals surface area contributed by atoms with E-state index in [-0.39, 0.29) is 5.97 Å². The molecule has 0 aliphatic carbocycles. The van der Waals surface area contributed by atoms with Gasteiger partial charge in [-0.05, 0) is 37.1 Å². The number of fused-ring (bicyclic) bond motifs is 4. The summed E-state index contributed by atoms with van der Waals surface area (Å²) in [5.41, 5.74) is 5.81. The Balaban J connectivity index is 2.17. The highest BCUT2D eigenvalue weighted by atomic mass is 16.5. The standard InChI is InChI=1S/C18H16N2O2/c1-9-15-10(2)17(18(21)22-3)20-14(15)8-12-11-6-4-5-7-13(11)19-16(9)12/h4-8,19-20H,1-3H3. The topological polar surface area (TPSA) is 57.9 Å². The van der Waals surface area contributed by atoms with Crippen LogP contribution in [0.5, 0.6) is 0 Å². The van der Waals surface area contributed by atoms with Gasteiger partial charge in [0, 0.05) is 27.2 Å². The molecule has 0 bridgehead atoms. The summed E-state index contributed by atoms with van der Waals surface area (Å²) in [5, 5.41) is 3.44. The molecule has 110 valence electrons. The lowest BCUT2D eigenvalue weighted by Crippen LogP contribution is -2.03. The average molecular weight is 292 g/mol. The molecular weight excluding hydrogens is 276 g/mol. The minimum atomic E-state index is -0.332. The minimum absolute atomic E-state index is 0.332. The molecule has 4 rings (SSSR count). The van der Waals surface area contributed by atoms with Crippen LogP contribution in [0.4, 0.5) is 0 Å². The summed E-state index contributed by atoms with van der Waals surface area (Å²) in [7, 11) is 1.40. The zero-order valence-corrected chi connectivity index (χ0v) is 12.7. The largest absolute Gasteiger partial charge is 0.464 e. The minimum Gasteiger partial charge on any atom is -0.464 e. The molecule has 2 N–H and O–H groups in total. The van der Waals surface area contributed by atoms with Crippen molar-refractivity contribution in [2.45, 2.75) is 13.8 Å². The predicted octanol–water partition coefficient (Wildman–Crippen LogP) is 4.21. The van der Waals surface area contributed by atoms with E-state index in [9.17, 15) is 4.79 Å². The zero-order chi connectivity index (χ0) is 15.4. The van der Waals surface area contributed by atoms with E-state index >= 15 is 0 Å². The number of carbonyl (C=O) groups is 1. The number of aromatic amines is 2. The first-order valence-electron chi connectivity index (χ1n) is 7.22. The molecule has 0 saturated carbocycles. The second kappa shape index (κ2) is 4.37. The van der Waals surface area contributed by atoms with Crippen LogP contribution in [0.2, 0.25) is 0 Å². The number of benzene rings is 2. The molecule has 22 heavy (non-hydrogen) atoms. The van der Waals surface area contributed by atoms with Crippen molar-refractivity contribution in [2.75, 3.05) is 7.11 Å². The van der Waals surface area contributed by atoms with E-state index in [0.717, 1.165) is 33.1 Å². The van der Waals surface area contributed by atoms with Crippen LogP contribution in [0, 0.1) is 13.8 Å². The number of hydrogen-bond acceptors (Lipinski definition) is 2. The fourth-order valence-electron chi connectivity index (χ4n) is 3.39. The maximum Gasteiger partial charge on any atom is 0.354 e. The van der Waals surface area contributed by atoms with Crippen molar-refractivity contribution in [1.82, 2.24) is 9.97 Å². The van der Waals surface area contributed by atoms with E-state index in [1.807, 2.05) is 19.1 Å². The molecule has 0 atom stereocenters. The Morgan fingerprint density at radius 1 is 1.00 bits per heavy atom. The highest BCUT2D eigenvalue weighted by Gasteiger charge is 2.19. The molecule has 4 aromatic rings. The van der Waals surface area contributed by atoms with Crippen molar-refractivity contribution in [3.63, 3.8) is 0 Å². The van der Waals surface area contributed by atoms with E-state index < -0.39 is 0 Å². The molecule has 0 spiro atoms. The smallest absolute Gasteiger partial charge is 0.354 e. The SMILES string of the molecule is COC(=O)c1[nH]c2cc3c([nH]c4ccccc43)c(C)c2c1C. The van der Waals surface area contributed by atoms with Crippen LogP contribution in [0.1, 0.15) is 21.6 Å². The molecule has 2 heterocycles. The molecular formula is C18H16N2O2. The predicted molar refractivity (Wildman–Crippen MR) is 88.5 cm³/mol. The summed E-state index contributed by atoms with van der Waals surface area (Å²) in [6.07, 6.45) is 0. The van der Waals surface area contributed by atoms with Crippen molar-refractivity contribution in [2.24, 2.45) is 0 Å². The Hall–Kier alpha value is -2.75. The van der Waals surface area contributed by atoms with Crippen LogP contribution >= 0.6 is 0 Å². The lowest BCUT2D eigenvalue weighted by atomic mass is 10.0. The van der Waals surface area contributed by atoms with Gasteiger partial charge in [0.25, 0.3) is 0 Å². The highest BCUT2D eigenvalue weighted by Crippen LogP contribution is 2.35. The van der Waals surface area contributed by atoms with Gasteiger partial charge < -0.3 is 14.7 Å². The van der Waals surface area contributed by atoms with Gasteiger partial charge >= 0.3 is 5.97 Å². The molecule has 0 saturated heterocycles. The van der Waals surface area contributed by atoms with Gasteiger partial charge in [-0.1, -0.05) is 18.2 Å². The quantitative estimate of drug-likeness (QED) is 0.516. The van der Waals surface area contributed by atoms with Gasteiger partial charge in [-0.15, -0.1) is 0 Å². The van der Waals surface area contributed by atoms with E-state index in [2.05, 4.69) is 35.1 Å². The lowest BCUT2D eigenvalue weighted by molar-refractivity contribution is 0.0594. The lowest BCUT2D eigenvalue weighted by Gasteiger charge is -2.01. The summed E-state index contributed by atoms with van der Waals surface area (Å²) in [4.78, 5) is 18.6. The van der Waals surface area contributed by atoms with E-state index in [1.54, 1.807) is 0 Å². The monoisotopic (exact) mass is 292 g/mol. The average Bonchev–Trinajstić information content (AvgIpc) is 3.06. The van der Waals surface area contributed by atoms with Gasteiger partial charge in [0.1, 0.15) is 5.69 Å². The Bertz CT molecular complexity index is 1050. The van der Waals surface area contributed by atoms with Crippen molar-refractivity contribution in [3.8, 4) is 0 Å². The Morgan fingerprint density at radius 2 is 1.77 bits per heavy atom. The van der Waals surface area contributed by atoms with Crippen LogP contribution < -0.4 is 0 Å². The number of aryl methyl sites for hydroxylation is 2. The second-order valence-electron chi connectivity index (χ2n) is 5.63. The summed E-state index contributed by atoms with van der Waals surface area (Å²) in [6, 6.07) is 10.4. The zero-order valence-electron chi connectivity index (χ0n) is 12.7. The molecule has 4 nitrogen and oxygen atoms in total. The van der Waals surface area contributed by atoms with Gasteiger partial charge in [-0.3, -0.25) is 0 Å². The van der Waals surface area contributed by atoms with E-state index in [0.29, 0.717) is 5.69 Å². The normalized spacial score (nSPS) is 11.6. The van der Waals surface area contributed by atoms with Crippen LogP contribution in [-0.4, -0.2) is 23.0 Å². The molecule has 0 aliphatic rings. The van der Waals surface area contributed by atoms with Gasteiger partial charge in [-0.25, -0.2) is 4.79 Å². The van der Waals surface area contributed by atoms with Gasteiger partial charge in [-0.2, -0.15) is 0 Å². The number of para-hydroxylation sites is 1. The number of H-pyrrole nitrogens is 2. The first-order chi connectivity index (χ1) is 10.6. The van der Waals surface area contributed by atoms with Crippen molar-refractivity contribution >= 4 is 38.7 Å². The van der Waals surface area contributed by atoms with Crippen molar-refractivity contribution in [1.29, 1.82) is 0 Å². The van der Waals surface area contributed by atoms with Crippen LogP contribution in [0.15, 0.2) is 30.3 Å². The maximum atomic E-state index is 11.9. The van der Waals surface area contributed by atoms with Crippen LogP contribution in [0.25, 0.3) is 32.7 Å². The van der Waals surface area contributed by atoms with Gasteiger partial charge in [0.15, 0.2) is 0 Å². The third-order valence-electron chi connectivity index (χ3n) is 4.45. The summed E-state index contributed by atoms with van der Waals surface area (Å²) in [6.45, 7) is 4.04. The van der Waals surface area contributed by atoms with Crippen molar-refractivity contribution in [3.05, 3.63) is 47.2 Å². The summed E-state index contributed by atoms with van der Waals surface area (Å²) >= 11 is 0. The Morgan fingerprint density at radius 3 is 2.55 bits per heavy atom. The molecule has 4 heteroatoms. The molecule has 0 unspecified atom stereocenters. The van der Waals surface area contributed by atoms with E-state index in [1.165, 1.54) is 17.9 Å². The van der Waals surface area contributed by atoms with Crippen LogP contribution in [0.3, 0.4) is 0 Å². The molecule has 0 amide bonds.